The van der Waals surface area contributed by atoms with Gasteiger partial charge in [0, 0.05) is 4.47 Å². The topological polar surface area (TPSA) is 58.9 Å². The Morgan fingerprint density at radius 2 is 1.06 bits per heavy atom. The van der Waals surface area contributed by atoms with Gasteiger partial charge in [-0.1, -0.05) is 52.3 Å². The van der Waals surface area contributed by atoms with Crippen LogP contribution < -0.4 is 5.46 Å². The summed E-state index contributed by atoms with van der Waals surface area (Å²) in [4.78, 5) is 0. The van der Waals surface area contributed by atoms with Gasteiger partial charge in [0.25, 0.3) is 0 Å². The summed E-state index contributed by atoms with van der Waals surface area (Å²) in [5.74, 6) is 0. The molecule has 2 saturated carbocycles. The van der Waals surface area contributed by atoms with Crippen molar-refractivity contribution in [1.82, 2.24) is 0 Å². The average molecular weight is 501 g/mol. The van der Waals surface area contributed by atoms with E-state index in [1.165, 1.54) is 0 Å². The minimum Gasteiger partial charge on any atom is -0.399 e. The Hall–Kier alpha value is -1.18. The fourth-order valence-corrected chi connectivity index (χ4v) is 4.55. The maximum Gasteiger partial charge on any atom is 0.494 e. The maximum absolute atomic E-state index is 10.3. The molecule has 0 radical (unpaired) electrons. The largest absolute Gasteiger partial charge is 0.494 e. The van der Waals surface area contributed by atoms with Gasteiger partial charge in [-0.05, 0) is 94.9 Å². The Morgan fingerprint density at radius 3 is 1.41 bits per heavy atom. The monoisotopic (exact) mass is 500 g/mol. The average Bonchev–Trinajstić information content (AvgIpc) is 2.93. The van der Waals surface area contributed by atoms with Crippen LogP contribution in [0.5, 0.6) is 0 Å². The number of hydrogen-bond donors (Lipinski definition) is 2. The molecule has 2 N–H and O–H groups in total. The van der Waals surface area contributed by atoms with E-state index in [1.54, 1.807) is 0 Å². The quantitative estimate of drug-likeness (QED) is 0.570. The molecule has 2 aromatic rings. The molecule has 0 spiro atoms. The molecule has 6 heteroatoms. The molecule has 4 nitrogen and oxygen atoms in total. The highest BCUT2D eigenvalue weighted by Crippen LogP contribution is 2.42. The second-order valence-corrected chi connectivity index (χ2v) is 11.4. The van der Waals surface area contributed by atoms with Gasteiger partial charge < -0.3 is 19.5 Å². The molecule has 2 aromatic carbocycles. The van der Waals surface area contributed by atoms with Crippen molar-refractivity contribution < 1.29 is 19.5 Å². The molecular formula is C26H34BBrO4. The fraction of sp³-hybridized carbons (Fsp3) is 0.538. The zero-order valence-corrected chi connectivity index (χ0v) is 21.1. The molecule has 1 saturated heterocycles. The first-order valence-electron chi connectivity index (χ1n) is 11.6. The predicted octanol–water partition coefficient (Wildman–Crippen LogP) is 5.18. The van der Waals surface area contributed by atoms with Crippen molar-refractivity contribution in [2.45, 2.75) is 88.6 Å². The Bertz CT molecular complexity index is 915. The Kier molecular flexibility index (Phi) is 6.41. The van der Waals surface area contributed by atoms with E-state index in [1.807, 2.05) is 48.5 Å². The number of hydrogen-bond acceptors (Lipinski definition) is 4. The van der Waals surface area contributed by atoms with Crippen LogP contribution in [0.15, 0.2) is 53.0 Å². The van der Waals surface area contributed by atoms with Crippen LogP contribution in [-0.4, -0.2) is 28.5 Å². The molecule has 0 atom stereocenters. The fourth-order valence-electron chi connectivity index (χ4n) is 4.29. The van der Waals surface area contributed by atoms with Gasteiger partial charge in [0.1, 0.15) is 0 Å². The predicted molar refractivity (Wildman–Crippen MR) is 132 cm³/mol. The van der Waals surface area contributed by atoms with Gasteiger partial charge in [-0.3, -0.25) is 0 Å². The first kappa shape index (κ1) is 24.0. The van der Waals surface area contributed by atoms with Crippen LogP contribution >= 0.6 is 15.9 Å². The number of aliphatic hydroxyl groups is 2. The van der Waals surface area contributed by atoms with Crippen LogP contribution in [0.25, 0.3) is 0 Å². The summed E-state index contributed by atoms with van der Waals surface area (Å²) in [5.41, 5.74) is 1.32. The standard InChI is InChI=1S/C16H23BO3.C10H11BrO/c1-14(2)15(3,4)20-17(19-14)13-8-6-12(7-9-13)16(18)10-5-11-16;11-9-4-2-8(3-5-9)10(12)6-1-7-10/h6-9,18H,5,10-11H2,1-4H3;2-5,12H,1,6-7H2. The van der Waals surface area contributed by atoms with E-state index in [4.69, 9.17) is 9.31 Å². The first-order chi connectivity index (χ1) is 14.9. The SMILES string of the molecule is CC1(C)OB(c2ccc(C3(O)CCC3)cc2)OC1(C)C.OC1(c2ccc(Br)cc2)CCC1. The van der Waals surface area contributed by atoms with Crippen molar-refractivity contribution in [3.63, 3.8) is 0 Å². The normalized spacial score (nSPS) is 24.0. The third-order valence-corrected chi connectivity index (χ3v) is 8.25. The highest BCUT2D eigenvalue weighted by molar-refractivity contribution is 9.10. The van der Waals surface area contributed by atoms with Gasteiger partial charge in [-0.25, -0.2) is 0 Å². The highest BCUT2D eigenvalue weighted by Gasteiger charge is 2.51. The number of benzene rings is 2. The van der Waals surface area contributed by atoms with Gasteiger partial charge >= 0.3 is 7.12 Å². The minimum atomic E-state index is -0.603. The van der Waals surface area contributed by atoms with Crippen molar-refractivity contribution in [2.75, 3.05) is 0 Å². The number of halogens is 1. The lowest BCUT2D eigenvalue weighted by molar-refractivity contribution is -0.0391. The molecule has 0 aromatic heterocycles. The molecule has 0 bridgehead atoms. The molecular weight excluding hydrogens is 467 g/mol. The summed E-state index contributed by atoms with van der Waals surface area (Å²) in [7, 11) is -0.329. The molecule has 1 heterocycles. The van der Waals surface area contributed by atoms with Crippen LogP contribution in [0.3, 0.4) is 0 Å². The molecule has 1 aliphatic heterocycles. The van der Waals surface area contributed by atoms with Gasteiger partial charge in [-0.15, -0.1) is 0 Å². The third-order valence-electron chi connectivity index (χ3n) is 7.72. The van der Waals surface area contributed by atoms with Crippen molar-refractivity contribution in [1.29, 1.82) is 0 Å². The van der Waals surface area contributed by atoms with E-state index >= 15 is 0 Å². The van der Waals surface area contributed by atoms with E-state index < -0.39 is 11.2 Å². The summed E-state index contributed by atoms with van der Waals surface area (Å²) in [5, 5.41) is 20.3. The Morgan fingerprint density at radius 1 is 0.688 bits per heavy atom. The van der Waals surface area contributed by atoms with Crippen molar-refractivity contribution >= 4 is 28.5 Å². The van der Waals surface area contributed by atoms with Gasteiger partial charge in [0.2, 0.25) is 0 Å². The highest BCUT2D eigenvalue weighted by atomic mass is 79.9. The molecule has 0 unspecified atom stereocenters. The summed E-state index contributed by atoms with van der Waals surface area (Å²) < 4.78 is 13.1. The lowest BCUT2D eigenvalue weighted by atomic mass is 9.73. The molecule has 0 amide bonds. The number of rotatable bonds is 3. The Labute approximate surface area is 200 Å². The minimum absolute atomic E-state index is 0.317. The zero-order chi connectivity index (χ0) is 23.2. The second-order valence-electron chi connectivity index (χ2n) is 10.5. The van der Waals surface area contributed by atoms with E-state index in [2.05, 4.69) is 43.6 Å². The summed E-state index contributed by atoms with van der Waals surface area (Å²) >= 11 is 3.37. The van der Waals surface area contributed by atoms with Crippen LogP contribution in [0.2, 0.25) is 0 Å². The summed E-state index contributed by atoms with van der Waals surface area (Å²) in [6, 6.07) is 15.9. The van der Waals surface area contributed by atoms with Crippen LogP contribution in [0.4, 0.5) is 0 Å². The summed E-state index contributed by atoms with van der Waals surface area (Å²) in [6.45, 7) is 8.22. The van der Waals surface area contributed by atoms with Crippen molar-refractivity contribution in [3.05, 3.63) is 64.1 Å². The van der Waals surface area contributed by atoms with Gasteiger partial charge in [-0.2, -0.15) is 0 Å². The lowest BCUT2D eigenvalue weighted by Crippen LogP contribution is -2.41. The molecule has 3 aliphatic rings. The van der Waals surface area contributed by atoms with Crippen LogP contribution in [0, 0.1) is 0 Å². The van der Waals surface area contributed by atoms with Gasteiger partial charge in [0.05, 0.1) is 22.4 Å². The second kappa shape index (κ2) is 8.55. The molecule has 2 aliphatic carbocycles. The summed E-state index contributed by atoms with van der Waals surface area (Å²) in [6.07, 6.45) is 5.80. The first-order valence-corrected chi connectivity index (χ1v) is 12.4. The smallest absolute Gasteiger partial charge is 0.399 e. The van der Waals surface area contributed by atoms with Crippen molar-refractivity contribution in [2.24, 2.45) is 0 Å². The molecule has 5 rings (SSSR count). The van der Waals surface area contributed by atoms with E-state index in [-0.39, 0.29) is 18.3 Å². The van der Waals surface area contributed by atoms with Crippen molar-refractivity contribution in [3.8, 4) is 0 Å². The van der Waals surface area contributed by atoms with Crippen LogP contribution in [0.1, 0.15) is 77.3 Å². The third kappa shape index (κ3) is 4.58. The van der Waals surface area contributed by atoms with Crippen LogP contribution in [-0.2, 0) is 20.5 Å². The lowest BCUT2D eigenvalue weighted by Gasteiger charge is -2.37. The van der Waals surface area contributed by atoms with Gasteiger partial charge in [0.15, 0.2) is 0 Å². The molecule has 3 fully saturated rings. The van der Waals surface area contributed by atoms with E-state index in [0.717, 1.165) is 59.6 Å². The van der Waals surface area contributed by atoms with E-state index in [9.17, 15) is 10.2 Å². The molecule has 32 heavy (non-hydrogen) atoms. The molecule has 172 valence electrons. The van der Waals surface area contributed by atoms with E-state index in [0.29, 0.717) is 0 Å². The maximum atomic E-state index is 10.3. The zero-order valence-electron chi connectivity index (χ0n) is 19.5. The Balaban J connectivity index is 0.000000174.